The Kier molecular flexibility index (Phi) is 6.11. The van der Waals surface area contributed by atoms with Crippen LogP contribution in [-0.4, -0.2) is 42.6 Å². The van der Waals surface area contributed by atoms with Crippen LogP contribution < -0.4 is 10.6 Å². The van der Waals surface area contributed by atoms with E-state index in [1.807, 2.05) is 0 Å². The fourth-order valence-corrected chi connectivity index (χ4v) is 3.69. The number of hydrogen-bond acceptors (Lipinski definition) is 4. The van der Waals surface area contributed by atoms with E-state index in [9.17, 15) is 14.0 Å². The van der Waals surface area contributed by atoms with Crippen molar-refractivity contribution in [1.82, 2.24) is 15.5 Å². The summed E-state index contributed by atoms with van der Waals surface area (Å²) in [7, 11) is 0. The molecule has 1 aromatic rings. The van der Waals surface area contributed by atoms with E-state index in [1.54, 1.807) is 19.1 Å². The summed E-state index contributed by atoms with van der Waals surface area (Å²) in [6.45, 7) is 5.53. The van der Waals surface area contributed by atoms with Crippen molar-refractivity contribution in [2.24, 2.45) is 0 Å². The summed E-state index contributed by atoms with van der Waals surface area (Å²) in [5, 5.41) is 5.57. The van der Waals surface area contributed by atoms with Gasteiger partial charge in [-0.3, -0.25) is 4.90 Å². The molecule has 6 nitrogen and oxygen atoms in total. The minimum atomic E-state index is -0.673. The number of carbonyl (C=O) groups excluding carboxylic acids is 2. The van der Waals surface area contributed by atoms with Gasteiger partial charge in [0.2, 0.25) is 0 Å². The van der Waals surface area contributed by atoms with Gasteiger partial charge in [0, 0.05) is 18.3 Å². The number of benzene rings is 1. The van der Waals surface area contributed by atoms with Gasteiger partial charge in [0.1, 0.15) is 5.82 Å². The molecule has 1 saturated heterocycles. The fraction of sp³-hybridized carbons (Fsp3) is 0.500. The minimum Gasteiger partial charge on any atom is -0.463 e. The Morgan fingerprint density at radius 3 is 2.70 bits per heavy atom. The molecule has 0 aromatic heterocycles. The molecular weight excluding hydrogens is 349 g/mol. The van der Waals surface area contributed by atoms with Gasteiger partial charge in [-0.1, -0.05) is 18.6 Å². The molecule has 0 spiro atoms. The van der Waals surface area contributed by atoms with E-state index in [1.165, 1.54) is 18.6 Å². The molecule has 2 heterocycles. The highest BCUT2D eigenvalue weighted by atomic mass is 19.1. The van der Waals surface area contributed by atoms with Gasteiger partial charge in [0.25, 0.3) is 0 Å². The molecule has 0 unspecified atom stereocenters. The number of amides is 2. The Labute approximate surface area is 158 Å². The van der Waals surface area contributed by atoms with Crippen LogP contribution in [0.4, 0.5) is 9.18 Å². The van der Waals surface area contributed by atoms with Gasteiger partial charge in [-0.05, 0) is 50.9 Å². The summed E-state index contributed by atoms with van der Waals surface area (Å²) in [5.74, 6) is -0.845. The molecule has 2 atom stereocenters. The first-order chi connectivity index (χ1) is 13.0. The topological polar surface area (TPSA) is 70.7 Å². The highest BCUT2D eigenvalue weighted by Gasteiger charge is 2.35. The van der Waals surface area contributed by atoms with Gasteiger partial charge in [-0.15, -0.1) is 0 Å². The summed E-state index contributed by atoms with van der Waals surface area (Å²) < 4.78 is 18.6. The molecule has 0 radical (unpaired) electrons. The predicted octanol–water partition coefficient (Wildman–Crippen LogP) is 2.87. The first kappa shape index (κ1) is 19.4. The van der Waals surface area contributed by atoms with E-state index in [4.69, 9.17) is 4.74 Å². The molecule has 7 heteroatoms. The SMILES string of the molecule is CCOC(=O)C1=C(CN2CCCC[C@@H]2C)NC(=O)N[C@@H]1c1ccc(F)cc1. The van der Waals surface area contributed by atoms with Crippen LogP contribution in [0.5, 0.6) is 0 Å². The van der Waals surface area contributed by atoms with E-state index < -0.39 is 12.0 Å². The van der Waals surface area contributed by atoms with Gasteiger partial charge < -0.3 is 15.4 Å². The van der Waals surface area contributed by atoms with Crippen molar-refractivity contribution >= 4 is 12.0 Å². The van der Waals surface area contributed by atoms with Crippen molar-refractivity contribution in [3.8, 4) is 0 Å². The molecule has 2 aliphatic heterocycles. The zero-order valence-corrected chi connectivity index (χ0v) is 15.8. The second kappa shape index (κ2) is 8.52. The quantitative estimate of drug-likeness (QED) is 0.777. The van der Waals surface area contributed by atoms with Crippen LogP contribution in [0.25, 0.3) is 0 Å². The van der Waals surface area contributed by atoms with Crippen LogP contribution >= 0.6 is 0 Å². The lowest BCUT2D eigenvalue weighted by Gasteiger charge is -2.36. The number of piperidine rings is 1. The Balaban J connectivity index is 1.98. The molecule has 3 rings (SSSR count). The molecule has 2 N–H and O–H groups in total. The molecule has 0 saturated carbocycles. The Bertz CT molecular complexity index is 732. The van der Waals surface area contributed by atoms with Crippen LogP contribution in [-0.2, 0) is 9.53 Å². The lowest BCUT2D eigenvalue weighted by molar-refractivity contribution is -0.139. The summed E-state index contributed by atoms with van der Waals surface area (Å²) in [6, 6.07) is 5.12. The number of rotatable bonds is 5. The summed E-state index contributed by atoms with van der Waals surface area (Å²) in [5.41, 5.74) is 1.57. The van der Waals surface area contributed by atoms with Crippen LogP contribution in [0.3, 0.4) is 0 Å². The Morgan fingerprint density at radius 1 is 1.30 bits per heavy atom. The molecule has 0 aliphatic carbocycles. The molecule has 146 valence electrons. The average Bonchev–Trinajstić information content (AvgIpc) is 2.64. The number of esters is 1. The van der Waals surface area contributed by atoms with E-state index >= 15 is 0 Å². The molecule has 2 aliphatic rings. The van der Waals surface area contributed by atoms with Gasteiger partial charge in [0.05, 0.1) is 18.2 Å². The fourth-order valence-electron chi connectivity index (χ4n) is 3.69. The standard InChI is InChI=1S/C20H26FN3O3/c1-3-27-19(25)17-16(12-24-11-5-4-6-13(24)2)22-20(26)23-18(17)14-7-9-15(21)10-8-14/h7-10,13,18H,3-6,11-12H2,1-2H3,(H2,22,23,26)/t13-,18+/m0/s1. The molecule has 2 amide bonds. The lowest BCUT2D eigenvalue weighted by Crippen LogP contribution is -2.50. The highest BCUT2D eigenvalue weighted by molar-refractivity contribution is 5.95. The van der Waals surface area contributed by atoms with Crippen LogP contribution in [0.1, 0.15) is 44.7 Å². The number of hydrogen-bond donors (Lipinski definition) is 2. The van der Waals surface area contributed by atoms with Crippen molar-refractivity contribution in [2.45, 2.75) is 45.2 Å². The lowest BCUT2D eigenvalue weighted by atomic mass is 9.94. The third kappa shape index (κ3) is 4.47. The maximum atomic E-state index is 13.3. The van der Waals surface area contributed by atoms with Crippen molar-refractivity contribution in [1.29, 1.82) is 0 Å². The smallest absolute Gasteiger partial charge is 0.338 e. The highest BCUT2D eigenvalue weighted by Crippen LogP contribution is 2.29. The van der Waals surface area contributed by atoms with Crippen LogP contribution in [0.15, 0.2) is 35.5 Å². The van der Waals surface area contributed by atoms with Crippen LogP contribution in [0, 0.1) is 5.82 Å². The summed E-state index contributed by atoms with van der Waals surface area (Å²) in [6.07, 6.45) is 3.38. The van der Waals surface area contributed by atoms with E-state index in [0.717, 1.165) is 19.4 Å². The second-order valence-electron chi connectivity index (χ2n) is 7.01. The summed E-state index contributed by atoms with van der Waals surface area (Å²) >= 11 is 0. The normalized spacial score (nSPS) is 23.6. The van der Waals surface area contributed by atoms with Crippen molar-refractivity contribution < 1.29 is 18.7 Å². The third-order valence-corrected chi connectivity index (χ3v) is 5.15. The molecular formula is C20H26FN3O3. The molecule has 0 bridgehead atoms. The van der Waals surface area contributed by atoms with Gasteiger partial charge >= 0.3 is 12.0 Å². The third-order valence-electron chi connectivity index (χ3n) is 5.15. The molecule has 27 heavy (non-hydrogen) atoms. The second-order valence-corrected chi connectivity index (χ2v) is 7.01. The number of nitrogens with zero attached hydrogens (tertiary/aromatic N) is 1. The van der Waals surface area contributed by atoms with Crippen molar-refractivity contribution in [3.05, 3.63) is 46.9 Å². The number of ether oxygens (including phenoxy) is 1. The van der Waals surface area contributed by atoms with Gasteiger partial charge in [-0.25, -0.2) is 14.0 Å². The Hall–Kier alpha value is -2.41. The summed E-state index contributed by atoms with van der Waals surface area (Å²) in [4.78, 5) is 27.3. The van der Waals surface area contributed by atoms with Gasteiger partial charge in [-0.2, -0.15) is 0 Å². The number of halogens is 1. The first-order valence-electron chi connectivity index (χ1n) is 9.46. The zero-order chi connectivity index (χ0) is 19.4. The van der Waals surface area contributed by atoms with E-state index in [0.29, 0.717) is 29.4 Å². The maximum Gasteiger partial charge on any atom is 0.338 e. The van der Waals surface area contributed by atoms with E-state index in [2.05, 4.69) is 22.5 Å². The molecule has 1 aromatic carbocycles. The maximum absolute atomic E-state index is 13.3. The number of likely N-dealkylation sites (tertiary alicyclic amines) is 1. The minimum absolute atomic E-state index is 0.236. The number of nitrogens with one attached hydrogen (secondary N) is 2. The zero-order valence-electron chi connectivity index (χ0n) is 15.8. The number of carbonyl (C=O) groups is 2. The predicted molar refractivity (Wildman–Crippen MR) is 99.4 cm³/mol. The van der Waals surface area contributed by atoms with Crippen LogP contribution in [0.2, 0.25) is 0 Å². The monoisotopic (exact) mass is 375 g/mol. The molecule has 1 fully saturated rings. The first-order valence-corrected chi connectivity index (χ1v) is 9.46. The largest absolute Gasteiger partial charge is 0.463 e. The number of urea groups is 1. The average molecular weight is 375 g/mol. The van der Waals surface area contributed by atoms with Crippen molar-refractivity contribution in [2.75, 3.05) is 19.7 Å². The van der Waals surface area contributed by atoms with Crippen molar-refractivity contribution in [3.63, 3.8) is 0 Å². The van der Waals surface area contributed by atoms with E-state index in [-0.39, 0.29) is 18.5 Å². The Morgan fingerprint density at radius 2 is 2.04 bits per heavy atom. The van der Waals surface area contributed by atoms with Gasteiger partial charge in [0.15, 0.2) is 0 Å².